The van der Waals surface area contributed by atoms with Crippen molar-refractivity contribution in [2.45, 2.75) is 38.1 Å². The number of amides is 1. The van der Waals surface area contributed by atoms with Crippen molar-refractivity contribution in [3.05, 3.63) is 23.7 Å². The van der Waals surface area contributed by atoms with Gasteiger partial charge in [0.2, 0.25) is 0 Å². The first-order chi connectivity index (χ1) is 7.67. The van der Waals surface area contributed by atoms with E-state index in [1.54, 1.807) is 6.07 Å². The summed E-state index contributed by atoms with van der Waals surface area (Å²) in [6.45, 7) is 1.81. The first kappa shape index (κ1) is 10.7. The van der Waals surface area contributed by atoms with Gasteiger partial charge in [-0.05, 0) is 38.7 Å². The third-order valence-corrected chi connectivity index (χ3v) is 3.09. The van der Waals surface area contributed by atoms with Gasteiger partial charge in [-0.1, -0.05) is 0 Å². The first-order valence-electron chi connectivity index (χ1n) is 5.45. The van der Waals surface area contributed by atoms with Gasteiger partial charge in [-0.15, -0.1) is 0 Å². The Bertz CT molecular complexity index is 436. The molecule has 1 aromatic rings. The minimum Gasteiger partial charge on any atom is -0.459 e. The quantitative estimate of drug-likeness (QED) is 0.827. The van der Waals surface area contributed by atoms with Crippen molar-refractivity contribution in [2.24, 2.45) is 0 Å². The highest BCUT2D eigenvalue weighted by molar-refractivity contribution is 5.93. The molecule has 4 nitrogen and oxygen atoms in total. The Balaban J connectivity index is 2.13. The van der Waals surface area contributed by atoms with Crippen LogP contribution in [0.5, 0.6) is 0 Å². The maximum Gasteiger partial charge on any atom is 0.288 e. The molecule has 16 heavy (non-hydrogen) atoms. The normalized spacial score (nSPS) is 18.0. The maximum absolute atomic E-state index is 11.9. The van der Waals surface area contributed by atoms with Gasteiger partial charge in [0.1, 0.15) is 5.54 Å². The average molecular weight is 218 g/mol. The molecule has 0 bridgehead atoms. The molecule has 4 heteroatoms. The van der Waals surface area contributed by atoms with E-state index in [1.165, 1.54) is 6.26 Å². The lowest BCUT2D eigenvalue weighted by Crippen LogP contribution is -2.45. The van der Waals surface area contributed by atoms with Gasteiger partial charge in [0, 0.05) is 5.56 Å². The van der Waals surface area contributed by atoms with Crippen molar-refractivity contribution in [1.29, 1.82) is 5.26 Å². The summed E-state index contributed by atoms with van der Waals surface area (Å²) >= 11 is 0. The molecule has 1 aromatic heterocycles. The van der Waals surface area contributed by atoms with Gasteiger partial charge in [0.15, 0.2) is 5.76 Å². The lowest BCUT2D eigenvalue weighted by Gasteiger charge is -2.21. The number of nitriles is 1. The smallest absolute Gasteiger partial charge is 0.288 e. The van der Waals surface area contributed by atoms with Crippen LogP contribution in [-0.4, -0.2) is 11.4 Å². The number of hydrogen-bond acceptors (Lipinski definition) is 3. The Morgan fingerprint density at radius 3 is 2.75 bits per heavy atom. The van der Waals surface area contributed by atoms with E-state index >= 15 is 0 Å². The van der Waals surface area contributed by atoms with Crippen LogP contribution in [0.15, 0.2) is 16.7 Å². The zero-order valence-electron chi connectivity index (χ0n) is 9.25. The number of nitrogens with one attached hydrogen (secondary N) is 1. The standard InChI is InChI=1S/C12H14N2O2/c1-9-4-7-16-10(9)11(15)14-12(8-13)5-2-3-6-12/h4,7H,2-3,5-6H2,1H3,(H,14,15). The second kappa shape index (κ2) is 4.01. The Morgan fingerprint density at radius 1 is 1.56 bits per heavy atom. The third kappa shape index (κ3) is 1.81. The van der Waals surface area contributed by atoms with E-state index in [4.69, 9.17) is 9.68 Å². The predicted molar refractivity (Wildman–Crippen MR) is 57.7 cm³/mol. The number of furan rings is 1. The number of rotatable bonds is 2. The Kier molecular flexibility index (Phi) is 2.69. The lowest BCUT2D eigenvalue weighted by molar-refractivity contribution is 0.0891. The third-order valence-electron chi connectivity index (χ3n) is 3.09. The minimum absolute atomic E-state index is 0.286. The molecule has 0 unspecified atom stereocenters. The molecule has 1 aliphatic carbocycles. The number of hydrogen-bond donors (Lipinski definition) is 1. The molecule has 1 aliphatic rings. The number of aryl methyl sites for hydroxylation is 1. The summed E-state index contributed by atoms with van der Waals surface area (Å²) in [5.41, 5.74) is 0.111. The highest BCUT2D eigenvalue weighted by atomic mass is 16.3. The van der Waals surface area contributed by atoms with Crippen LogP contribution in [0.4, 0.5) is 0 Å². The van der Waals surface area contributed by atoms with Crippen molar-refractivity contribution in [3.63, 3.8) is 0 Å². The van der Waals surface area contributed by atoms with Crippen molar-refractivity contribution in [2.75, 3.05) is 0 Å². The number of carbonyl (C=O) groups is 1. The van der Waals surface area contributed by atoms with E-state index < -0.39 is 5.54 Å². The predicted octanol–water partition coefficient (Wildman–Crippen LogP) is 2.15. The van der Waals surface area contributed by atoms with Crippen LogP contribution in [0.25, 0.3) is 0 Å². The monoisotopic (exact) mass is 218 g/mol. The van der Waals surface area contributed by atoms with Crippen molar-refractivity contribution in [3.8, 4) is 6.07 Å². The largest absolute Gasteiger partial charge is 0.459 e. The maximum atomic E-state index is 11.9. The van der Waals surface area contributed by atoms with Gasteiger partial charge in [0.25, 0.3) is 5.91 Å². The summed E-state index contributed by atoms with van der Waals surface area (Å²) in [6.07, 6.45) is 4.93. The van der Waals surface area contributed by atoms with Crippen LogP contribution in [0.1, 0.15) is 41.8 Å². The molecule has 84 valence electrons. The summed E-state index contributed by atoms with van der Waals surface area (Å²) in [4.78, 5) is 11.9. The average Bonchev–Trinajstić information content (AvgIpc) is 2.87. The summed E-state index contributed by atoms with van der Waals surface area (Å²) in [5.74, 6) is 0.0208. The van der Waals surface area contributed by atoms with E-state index in [9.17, 15) is 4.79 Å². The van der Waals surface area contributed by atoms with Crippen molar-refractivity contribution < 1.29 is 9.21 Å². The molecule has 1 N–H and O–H groups in total. The van der Waals surface area contributed by atoms with Crippen LogP contribution < -0.4 is 5.32 Å². The highest BCUT2D eigenvalue weighted by Crippen LogP contribution is 2.29. The SMILES string of the molecule is Cc1ccoc1C(=O)NC1(C#N)CCCC1. The van der Waals surface area contributed by atoms with Crippen LogP contribution in [0.3, 0.4) is 0 Å². The fourth-order valence-corrected chi connectivity index (χ4v) is 2.12. The minimum atomic E-state index is -0.684. The van der Waals surface area contributed by atoms with E-state index in [1.807, 2.05) is 6.92 Å². The molecule has 0 saturated heterocycles. The highest BCUT2D eigenvalue weighted by Gasteiger charge is 2.36. The second-order valence-electron chi connectivity index (χ2n) is 4.29. The summed E-state index contributed by atoms with van der Waals surface area (Å²) < 4.78 is 5.10. The summed E-state index contributed by atoms with van der Waals surface area (Å²) in [6, 6.07) is 3.95. The topological polar surface area (TPSA) is 66.0 Å². The van der Waals surface area contributed by atoms with Crippen LogP contribution >= 0.6 is 0 Å². The number of nitrogens with zero attached hydrogens (tertiary/aromatic N) is 1. The zero-order valence-corrected chi connectivity index (χ0v) is 9.25. The van der Waals surface area contributed by atoms with Gasteiger partial charge >= 0.3 is 0 Å². The van der Waals surface area contributed by atoms with Crippen molar-refractivity contribution in [1.82, 2.24) is 5.32 Å². The van der Waals surface area contributed by atoms with Crippen LogP contribution in [0, 0.1) is 18.3 Å². The van der Waals surface area contributed by atoms with E-state index in [-0.39, 0.29) is 5.91 Å². The Labute approximate surface area is 94.2 Å². The molecule has 1 saturated carbocycles. The fraction of sp³-hybridized carbons (Fsp3) is 0.500. The molecule has 0 aromatic carbocycles. The fourth-order valence-electron chi connectivity index (χ4n) is 2.12. The van der Waals surface area contributed by atoms with Gasteiger partial charge in [-0.2, -0.15) is 5.26 Å². The molecular weight excluding hydrogens is 204 g/mol. The van der Waals surface area contributed by atoms with Gasteiger partial charge in [-0.25, -0.2) is 0 Å². The van der Waals surface area contributed by atoms with Gasteiger partial charge in [0.05, 0.1) is 12.3 Å². The molecular formula is C12H14N2O2. The van der Waals surface area contributed by atoms with E-state index in [0.29, 0.717) is 5.76 Å². The molecule has 1 fully saturated rings. The molecule has 0 aliphatic heterocycles. The molecule has 1 amide bonds. The number of carbonyl (C=O) groups excluding carboxylic acids is 1. The molecule has 2 rings (SSSR count). The molecule has 0 spiro atoms. The van der Waals surface area contributed by atoms with E-state index in [0.717, 1.165) is 31.2 Å². The van der Waals surface area contributed by atoms with Crippen LogP contribution in [0.2, 0.25) is 0 Å². The van der Waals surface area contributed by atoms with Crippen molar-refractivity contribution >= 4 is 5.91 Å². The Morgan fingerprint density at radius 2 is 2.25 bits per heavy atom. The lowest BCUT2D eigenvalue weighted by atomic mass is 9.99. The zero-order chi connectivity index (χ0) is 11.6. The second-order valence-corrected chi connectivity index (χ2v) is 4.29. The summed E-state index contributed by atoms with van der Waals surface area (Å²) in [5, 5.41) is 11.9. The molecule has 0 atom stereocenters. The van der Waals surface area contributed by atoms with E-state index in [2.05, 4.69) is 11.4 Å². The van der Waals surface area contributed by atoms with Gasteiger partial charge < -0.3 is 9.73 Å². The molecule has 0 radical (unpaired) electrons. The van der Waals surface area contributed by atoms with Crippen LogP contribution in [-0.2, 0) is 0 Å². The first-order valence-corrected chi connectivity index (χ1v) is 5.45. The molecule has 1 heterocycles. The Hall–Kier alpha value is -1.76. The summed E-state index contributed by atoms with van der Waals surface area (Å²) in [7, 11) is 0. The van der Waals surface area contributed by atoms with Gasteiger partial charge in [-0.3, -0.25) is 4.79 Å².